The Morgan fingerprint density at radius 2 is 1.88 bits per heavy atom. The van der Waals surface area contributed by atoms with Crippen LogP contribution in [0.15, 0.2) is 29.3 Å². The summed E-state index contributed by atoms with van der Waals surface area (Å²) in [6.45, 7) is 9.30. The van der Waals surface area contributed by atoms with Crippen LogP contribution in [-0.2, 0) is 22.6 Å². The van der Waals surface area contributed by atoms with Gasteiger partial charge in [0.1, 0.15) is 0 Å². The van der Waals surface area contributed by atoms with Crippen molar-refractivity contribution in [2.45, 2.75) is 39.8 Å². The molecule has 1 aliphatic rings. The number of rotatable bonds is 11. The topological polar surface area (TPSA) is 54.9 Å². The Kier molecular flexibility index (Phi) is 11.9. The van der Waals surface area contributed by atoms with Gasteiger partial charge in [0.15, 0.2) is 5.96 Å². The molecule has 2 rings (SSSR count). The number of ether oxygens (including phenoxy) is 2. The Morgan fingerprint density at radius 1 is 1.12 bits per heavy atom. The summed E-state index contributed by atoms with van der Waals surface area (Å²) in [6, 6.07) is 8.42. The van der Waals surface area contributed by atoms with E-state index in [0.717, 1.165) is 31.6 Å². The van der Waals surface area contributed by atoms with Crippen LogP contribution in [0.5, 0.6) is 0 Å². The predicted molar refractivity (Wildman–Crippen MR) is 114 cm³/mol. The van der Waals surface area contributed by atoms with Gasteiger partial charge in [-0.2, -0.15) is 0 Å². The van der Waals surface area contributed by atoms with Crippen LogP contribution in [0.1, 0.15) is 37.8 Å². The van der Waals surface area contributed by atoms with Crippen molar-refractivity contribution in [1.82, 2.24) is 10.6 Å². The molecule has 0 aliphatic heterocycles. The van der Waals surface area contributed by atoms with Crippen LogP contribution >= 0.6 is 24.0 Å². The molecule has 1 aromatic rings. The van der Waals surface area contributed by atoms with Crippen LogP contribution < -0.4 is 10.6 Å². The molecule has 0 heterocycles. The van der Waals surface area contributed by atoms with Crippen molar-refractivity contribution >= 4 is 29.9 Å². The van der Waals surface area contributed by atoms with Gasteiger partial charge in [0.2, 0.25) is 0 Å². The summed E-state index contributed by atoms with van der Waals surface area (Å²) < 4.78 is 10.9. The van der Waals surface area contributed by atoms with Crippen LogP contribution in [0, 0.1) is 5.92 Å². The Morgan fingerprint density at radius 3 is 2.60 bits per heavy atom. The van der Waals surface area contributed by atoms with Crippen molar-refractivity contribution < 1.29 is 9.47 Å². The minimum absolute atomic E-state index is 0. The van der Waals surface area contributed by atoms with E-state index in [1.807, 2.05) is 6.92 Å². The first-order valence-electron chi connectivity index (χ1n) is 9.07. The standard InChI is InChI=1S/C19H31N3O2.HI/c1-3-20-19(21-13-16-8-9-16)22-14-17-6-5-7-18(12-17)15-24-11-10-23-4-2;/h5-7,12,16H,3-4,8-11,13-15H2,1-2H3,(H2,20,21,22);1H. The highest BCUT2D eigenvalue weighted by atomic mass is 127. The molecule has 1 aliphatic carbocycles. The van der Waals surface area contributed by atoms with Gasteiger partial charge in [-0.05, 0) is 43.7 Å². The van der Waals surface area contributed by atoms with Gasteiger partial charge in [0.05, 0.1) is 26.4 Å². The molecule has 25 heavy (non-hydrogen) atoms. The molecule has 0 radical (unpaired) electrons. The zero-order chi connectivity index (χ0) is 17.0. The maximum atomic E-state index is 5.63. The first-order chi connectivity index (χ1) is 11.8. The average Bonchev–Trinajstić information content (AvgIpc) is 3.42. The number of nitrogens with one attached hydrogen (secondary N) is 2. The van der Waals surface area contributed by atoms with Crippen LogP contribution in [0.4, 0.5) is 0 Å². The summed E-state index contributed by atoms with van der Waals surface area (Å²) in [7, 11) is 0. The quantitative estimate of drug-likeness (QED) is 0.230. The van der Waals surface area contributed by atoms with Crippen molar-refractivity contribution in [3.8, 4) is 0 Å². The van der Waals surface area contributed by atoms with Crippen molar-refractivity contribution in [3.05, 3.63) is 35.4 Å². The number of halogens is 1. The molecule has 0 saturated heterocycles. The highest BCUT2D eigenvalue weighted by molar-refractivity contribution is 14.0. The zero-order valence-corrected chi connectivity index (χ0v) is 17.8. The van der Waals surface area contributed by atoms with Crippen molar-refractivity contribution in [1.29, 1.82) is 0 Å². The number of hydrogen-bond acceptors (Lipinski definition) is 3. The molecule has 1 aromatic carbocycles. The van der Waals surface area contributed by atoms with Crippen LogP contribution in [0.2, 0.25) is 0 Å². The van der Waals surface area contributed by atoms with Crippen LogP contribution in [0.3, 0.4) is 0 Å². The minimum Gasteiger partial charge on any atom is -0.379 e. The predicted octanol–water partition coefficient (Wildman–Crippen LogP) is 3.32. The first-order valence-corrected chi connectivity index (χ1v) is 9.07. The van der Waals surface area contributed by atoms with E-state index in [-0.39, 0.29) is 24.0 Å². The fourth-order valence-corrected chi connectivity index (χ4v) is 2.35. The van der Waals surface area contributed by atoms with Crippen molar-refractivity contribution in [2.24, 2.45) is 10.9 Å². The third-order valence-electron chi connectivity index (χ3n) is 3.86. The molecule has 5 nitrogen and oxygen atoms in total. The van der Waals surface area contributed by atoms with Crippen molar-refractivity contribution in [3.63, 3.8) is 0 Å². The molecule has 2 N–H and O–H groups in total. The maximum Gasteiger partial charge on any atom is 0.191 e. The summed E-state index contributed by atoms with van der Waals surface area (Å²) in [5.41, 5.74) is 2.37. The maximum absolute atomic E-state index is 5.63. The van der Waals surface area contributed by atoms with Crippen molar-refractivity contribution in [2.75, 3.05) is 32.9 Å². The van der Waals surface area contributed by atoms with Gasteiger partial charge in [-0.15, -0.1) is 24.0 Å². The SMILES string of the molecule is CCNC(=NCc1cccc(COCCOCC)c1)NCC1CC1.I. The molecule has 0 atom stereocenters. The summed E-state index contributed by atoms with van der Waals surface area (Å²) >= 11 is 0. The largest absolute Gasteiger partial charge is 0.379 e. The van der Waals surface area contributed by atoms with E-state index in [9.17, 15) is 0 Å². The van der Waals surface area contributed by atoms with Gasteiger partial charge < -0.3 is 20.1 Å². The third-order valence-corrected chi connectivity index (χ3v) is 3.86. The molecule has 0 unspecified atom stereocenters. The summed E-state index contributed by atoms with van der Waals surface area (Å²) in [5, 5.41) is 6.73. The molecule has 142 valence electrons. The average molecular weight is 461 g/mol. The Hall–Kier alpha value is -0.860. The molecule has 0 spiro atoms. The number of benzene rings is 1. The zero-order valence-electron chi connectivity index (χ0n) is 15.4. The van der Waals surface area contributed by atoms with Gasteiger partial charge in [0, 0.05) is 19.7 Å². The molecular formula is C19H32IN3O2. The molecule has 1 saturated carbocycles. The molecule has 0 bridgehead atoms. The lowest BCUT2D eigenvalue weighted by Crippen LogP contribution is -2.38. The fourth-order valence-electron chi connectivity index (χ4n) is 2.35. The second-order valence-corrected chi connectivity index (χ2v) is 6.09. The number of nitrogens with zero attached hydrogens (tertiary/aromatic N) is 1. The number of hydrogen-bond donors (Lipinski definition) is 2. The second kappa shape index (κ2) is 13.4. The number of aliphatic imine (C=N–C) groups is 1. The van der Waals surface area contributed by atoms with E-state index in [2.05, 4.69) is 46.8 Å². The fraction of sp³-hybridized carbons (Fsp3) is 0.632. The highest BCUT2D eigenvalue weighted by Crippen LogP contribution is 2.27. The lowest BCUT2D eigenvalue weighted by atomic mass is 10.1. The molecule has 1 fully saturated rings. The summed E-state index contributed by atoms with van der Waals surface area (Å²) in [4.78, 5) is 4.68. The summed E-state index contributed by atoms with van der Waals surface area (Å²) in [6.07, 6.45) is 2.69. The van der Waals surface area contributed by atoms with E-state index in [0.29, 0.717) is 26.4 Å². The van der Waals surface area contributed by atoms with E-state index in [4.69, 9.17) is 9.47 Å². The van der Waals surface area contributed by atoms with Gasteiger partial charge in [-0.3, -0.25) is 0 Å². The smallest absolute Gasteiger partial charge is 0.191 e. The lowest BCUT2D eigenvalue weighted by Gasteiger charge is -2.11. The third kappa shape index (κ3) is 10.0. The van der Waals surface area contributed by atoms with Gasteiger partial charge >= 0.3 is 0 Å². The number of guanidine groups is 1. The summed E-state index contributed by atoms with van der Waals surface area (Å²) in [5.74, 6) is 1.74. The first kappa shape index (κ1) is 22.2. The molecular weight excluding hydrogens is 429 g/mol. The Bertz CT molecular complexity index is 507. The Balaban J connectivity index is 0.00000312. The monoisotopic (exact) mass is 461 g/mol. The lowest BCUT2D eigenvalue weighted by molar-refractivity contribution is 0.0453. The van der Waals surface area contributed by atoms with Gasteiger partial charge in [-0.1, -0.05) is 24.3 Å². The molecule has 6 heteroatoms. The van der Waals surface area contributed by atoms with E-state index in [1.54, 1.807) is 0 Å². The van der Waals surface area contributed by atoms with Gasteiger partial charge in [-0.25, -0.2) is 4.99 Å². The van der Waals surface area contributed by atoms with E-state index in [1.165, 1.54) is 24.0 Å². The highest BCUT2D eigenvalue weighted by Gasteiger charge is 2.20. The van der Waals surface area contributed by atoms with Gasteiger partial charge in [0.25, 0.3) is 0 Å². The molecule has 0 aromatic heterocycles. The molecule has 0 amide bonds. The normalized spacial score (nSPS) is 14.1. The minimum atomic E-state index is 0. The Labute approximate surface area is 169 Å². The van der Waals surface area contributed by atoms with Crippen LogP contribution in [0.25, 0.3) is 0 Å². The second-order valence-electron chi connectivity index (χ2n) is 6.09. The van der Waals surface area contributed by atoms with E-state index >= 15 is 0 Å². The van der Waals surface area contributed by atoms with E-state index < -0.39 is 0 Å². The van der Waals surface area contributed by atoms with Crippen LogP contribution in [-0.4, -0.2) is 38.9 Å².